The highest BCUT2D eigenvalue weighted by Crippen LogP contribution is 2.20. The van der Waals surface area contributed by atoms with Crippen LogP contribution in [-0.2, 0) is 0 Å². The first-order chi connectivity index (χ1) is 7.04. The molecule has 0 heterocycles. The van der Waals surface area contributed by atoms with E-state index in [1.54, 1.807) is 19.1 Å². The van der Waals surface area contributed by atoms with Gasteiger partial charge in [0.25, 0.3) is 0 Å². The van der Waals surface area contributed by atoms with Crippen molar-refractivity contribution in [2.45, 2.75) is 13.0 Å². The topological polar surface area (TPSA) is 73.3 Å². The number of hydrogen-bond donors (Lipinski definition) is 2. The third-order valence-corrected chi connectivity index (χ3v) is 2.13. The number of aliphatic hydroxyl groups excluding tert-OH is 1. The lowest BCUT2D eigenvalue weighted by Crippen LogP contribution is -2.26. The van der Waals surface area contributed by atoms with Crippen molar-refractivity contribution >= 4 is 11.4 Å². The SMILES string of the molecule is CC(O)CN(C)c1ccc(C#N)c(N)c1. The maximum Gasteiger partial charge on any atom is 0.101 e. The highest BCUT2D eigenvalue weighted by molar-refractivity contribution is 5.63. The van der Waals surface area contributed by atoms with Gasteiger partial charge in [-0.2, -0.15) is 5.26 Å². The first-order valence-electron chi connectivity index (χ1n) is 4.73. The first kappa shape index (κ1) is 11.3. The van der Waals surface area contributed by atoms with Crippen molar-refractivity contribution in [1.29, 1.82) is 5.26 Å². The molecule has 4 nitrogen and oxygen atoms in total. The van der Waals surface area contributed by atoms with Crippen LogP contribution in [0.5, 0.6) is 0 Å². The molecule has 0 aliphatic carbocycles. The number of nitrogen functional groups attached to an aromatic ring is 1. The number of hydrogen-bond acceptors (Lipinski definition) is 4. The van der Waals surface area contributed by atoms with Crippen LogP contribution >= 0.6 is 0 Å². The molecule has 0 amide bonds. The molecule has 1 aromatic carbocycles. The lowest BCUT2D eigenvalue weighted by atomic mass is 10.1. The smallest absolute Gasteiger partial charge is 0.101 e. The number of rotatable bonds is 3. The van der Waals surface area contributed by atoms with E-state index in [1.165, 1.54) is 0 Å². The van der Waals surface area contributed by atoms with Gasteiger partial charge in [-0.05, 0) is 25.1 Å². The minimum Gasteiger partial charge on any atom is -0.398 e. The summed E-state index contributed by atoms with van der Waals surface area (Å²) in [4.78, 5) is 1.89. The number of nitriles is 1. The molecule has 0 aliphatic rings. The quantitative estimate of drug-likeness (QED) is 0.721. The monoisotopic (exact) mass is 205 g/mol. The summed E-state index contributed by atoms with van der Waals surface area (Å²) in [6, 6.07) is 7.25. The third-order valence-electron chi connectivity index (χ3n) is 2.13. The Balaban J connectivity index is 2.88. The molecule has 0 radical (unpaired) electrons. The van der Waals surface area contributed by atoms with E-state index < -0.39 is 6.10 Å². The zero-order valence-corrected chi connectivity index (χ0v) is 8.94. The summed E-state index contributed by atoms with van der Waals surface area (Å²) >= 11 is 0. The number of nitrogens with zero attached hydrogens (tertiary/aromatic N) is 2. The van der Waals surface area contributed by atoms with Crippen molar-refractivity contribution in [2.75, 3.05) is 24.2 Å². The molecule has 1 rings (SSSR count). The van der Waals surface area contributed by atoms with Crippen LogP contribution in [-0.4, -0.2) is 24.8 Å². The van der Waals surface area contributed by atoms with E-state index in [0.29, 0.717) is 17.8 Å². The number of anilines is 2. The number of benzene rings is 1. The molecule has 0 aromatic heterocycles. The molecule has 0 aliphatic heterocycles. The minimum absolute atomic E-state index is 0.396. The fourth-order valence-corrected chi connectivity index (χ4v) is 1.39. The van der Waals surface area contributed by atoms with E-state index in [-0.39, 0.29) is 0 Å². The second kappa shape index (κ2) is 4.67. The van der Waals surface area contributed by atoms with Crippen LogP contribution in [0.1, 0.15) is 12.5 Å². The Kier molecular flexibility index (Phi) is 3.53. The molecule has 1 unspecified atom stereocenters. The van der Waals surface area contributed by atoms with Crippen LogP contribution in [0.3, 0.4) is 0 Å². The highest BCUT2D eigenvalue weighted by Gasteiger charge is 2.06. The molecule has 1 aromatic rings. The zero-order chi connectivity index (χ0) is 11.4. The summed E-state index contributed by atoms with van der Waals surface area (Å²) < 4.78 is 0. The fourth-order valence-electron chi connectivity index (χ4n) is 1.39. The number of nitrogens with two attached hydrogens (primary N) is 1. The average Bonchev–Trinajstić information content (AvgIpc) is 2.16. The predicted octanol–water partition coefficient (Wildman–Crippen LogP) is 0.957. The molecule has 0 fully saturated rings. The molecule has 0 saturated heterocycles. The Bertz CT molecular complexity index is 382. The lowest BCUT2D eigenvalue weighted by Gasteiger charge is -2.21. The third kappa shape index (κ3) is 2.86. The van der Waals surface area contributed by atoms with Crippen molar-refractivity contribution in [3.8, 4) is 6.07 Å². The molecule has 3 N–H and O–H groups in total. The van der Waals surface area contributed by atoms with Crippen molar-refractivity contribution in [2.24, 2.45) is 0 Å². The van der Waals surface area contributed by atoms with E-state index in [2.05, 4.69) is 0 Å². The van der Waals surface area contributed by atoms with E-state index in [9.17, 15) is 5.11 Å². The average molecular weight is 205 g/mol. The van der Waals surface area contributed by atoms with E-state index in [1.807, 2.05) is 24.1 Å². The lowest BCUT2D eigenvalue weighted by molar-refractivity contribution is 0.201. The summed E-state index contributed by atoms with van der Waals surface area (Å²) in [5.74, 6) is 0. The zero-order valence-electron chi connectivity index (χ0n) is 8.94. The van der Waals surface area contributed by atoms with Gasteiger partial charge in [0.1, 0.15) is 6.07 Å². The van der Waals surface area contributed by atoms with Crippen molar-refractivity contribution < 1.29 is 5.11 Å². The maximum absolute atomic E-state index is 9.23. The number of likely N-dealkylation sites (N-methyl/N-ethyl adjacent to an activating group) is 1. The molecule has 80 valence electrons. The van der Waals surface area contributed by atoms with Gasteiger partial charge in [-0.25, -0.2) is 0 Å². The van der Waals surface area contributed by atoms with Gasteiger partial charge in [0.2, 0.25) is 0 Å². The van der Waals surface area contributed by atoms with Gasteiger partial charge < -0.3 is 15.7 Å². The van der Waals surface area contributed by atoms with Crippen molar-refractivity contribution in [3.05, 3.63) is 23.8 Å². The van der Waals surface area contributed by atoms with Crippen LogP contribution in [0.25, 0.3) is 0 Å². The fraction of sp³-hybridized carbons (Fsp3) is 0.364. The predicted molar refractivity (Wildman–Crippen MR) is 60.5 cm³/mol. The van der Waals surface area contributed by atoms with Gasteiger partial charge in [0, 0.05) is 19.3 Å². The van der Waals surface area contributed by atoms with E-state index >= 15 is 0 Å². The molecule has 4 heteroatoms. The molecule has 0 spiro atoms. The molecule has 0 bridgehead atoms. The Morgan fingerprint density at radius 2 is 2.27 bits per heavy atom. The van der Waals surface area contributed by atoms with Gasteiger partial charge >= 0.3 is 0 Å². The number of aliphatic hydroxyl groups is 1. The highest BCUT2D eigenvalue weighted by atomic mass is 16.3. The summed E-state index contributed by atoms with van der Waals surface area (Å²) in [5, 5.41) is 17.9. The Morgan fingerprint density at radius 1 is 1.60 bits per heavy atom. The van der Waals surface area contributed by atoms with Crippen LogP contribution in [0.4, 0.5) is 11.4 Å². The minimum atomic E-state index is -0.396. The summed E-state index contributed by atoms with van der Waals surface area (Å²) in [6.07, 6.45) is -0.396. The Hall–Kier alpha value is -1.73. The van der Waals surface area contributed by atoms with Gasteiger partial charge in [0.05, 0.1) is 17.4 Å². The standard InChI is InChI=1S/C11H15N3O/c1-8(15)7-14(2)10-4-3-9(6-12)11(13)5-10/h3-5,8,15H,7,13H2,1-2H3. The molecule has 1 atom stereocenters. The van der Waals surface area contributed by atoms with Crippen molar-refractivity contribution in [3.63, 3.8) is 0 Å². The van der Waals surface area contributed by atoms with Gasteiger partial charge in [0.15, 0.2) is 0 Å². The second-order valence-electron chi connectivity index (χ2n) is 3.61. The second-order valence-corrected chi connectivity index (χ2v) is 3.61. The van der Waals surface area contributed by atoms with E-state index in [0.717, 1.165) is 5.69 Å². The van der Waals surface area contributed by atoms with Crippen LogP contribution in [0.15, 0.2) is 18.2 Å². The largest absolute Gasteiger partial charge is 0.398 e. The molecular weight excluding hydrogens is 190 g/mol. The van der Waals surface area contributed by atoms with Crippen LogP contribution in [0, 0.1) is 11.3 Å². The van der Waals surface area contributed by atoms with Gasteiger partial charge in [-0.1, -0.05) is 0 Å². The summed E-state index contributed by atoms with van der Waals surface area (Å²) in [7, 11) is 1.87. The Morgan fingerprint density at radius 3 is 2.73 bits per heavy atom. The maximum atomic E-state index is 9.23. The Labute approximate surface area is 89.5 Å². The normalized spacial score (nSPS) is 11.9. The van der Waals surface area contributed by atoms with Crippen molar-refractivity contribution in [1.82, 2.24) is 0 Å². The molecular formula is C11H15N3O. The van der Waals surface area contributed by atoms with E-state index in [4.69, 9.17) is 11.0 Å². The summed E-state index contributed by atoms with van der Waals surface area (Å²) in [6.45, 7) is 2.26. The van der Waals surface area contributed by atoms with Crippen LogP contribution in [0.2, 0.25) is 0 Å². The van der Waals surface area contributed by atoms with Crippen LogP contribution < -0.4 is 10.6 Å². The van der Waals surface area contributed by atoms with Gasteiger partial charge in [-0.15, -0.1) is 0 Å². The molecule has 15 heavy (non-hydrogen) atoms. The molecule has 0 saturated carbocycles. The summed E-state index contributed by atoms with van der Waals surface area (Å²) in [5.41, 5.74) is 7.53. The first-order valence-corrected chi connectivity index (χ1v) is 4.73. The van der Waals surface area contributed by atoms with Gasteiger partial charge in [-0.3, -0.25) is 0 Å².